The van der Waals surface area contributed by atoms with Gasteiger partial charge in [-0.3, -0.25) is 13.9 Å². The minimum absolute atomic E-state index is 0.164. The van der Waals surface area contributed by atoms with Gasteiger partial charge in [-0.1, -0.05) is 22.9 Å². The largest absolute Gasteiger partial charge is 0.442 e. The Labute approximate surface area is 144 Å². The van der Waals surface area contributed by atoms with Gasteiger partial charge in [-0.2, -0.15) is 5.10 Å². The molecule has 0 saturated heterocycles. The van der Waals surface area contributed by atoms with E-state index in [-0.39, 0.29) is 12.5 Å². The van der Waals surface area contributed by atoms with E-state index in [0.29, 0.717) is 17.2 Å². The number of hydrogen-bond donors (Lipinski definition) is 1. The van der Waals surface area contributed by atoms with Crippen molar-refractivity contribution in [3.8, 4) is 5.69 Å². The van der Waals surface area contributed by atoms with Gasteiger partial charge in [0.25, 0.3) is 0 Å². The maximum absolute atomic E-state index is 12.3. The lowest BCUT2D eigenvalue weighted by Gasteiger charge is -2.07. The van der Waals surface area contributed by atoms with Crippen LogP contribution in [0.4, 0.5) is 5.69 Å². The van der Waals surface area contributed by atoms with Crippen molar-refractivity contribution in [1.82, 2.24) is 19.5 Å². The summed E-state index contributed by atoms with van der Waals surface area (Å²) in [4.78, 5) is 23.8. The summed E-state index contributed by atoms with van der Waals surface area (Å²) in [6.07, 6.45) is 0. The van der Waals surface area contributed by atoms with E-state index in [1.807, 2.05) is 45.0 Å². The molecule has 2 heterocycles. The molecule has 0 radical (unpaired) electrons. The molecular formula is C17H19N5O3. The summed E-state index contributed by atoms with van der Waals surface area (Å²) in [5.41, 5.74) is 4.21. The second-order valence-electron chi connectivity index (χ2n) is 5.92. The molecule has 25 heavy (non-hydrogen) atoms. The van der Waals surface area contributed by atoms with Crippen LogP contribution in [0.2, 0.25) is 0 Å². The molecule has 8 nitrogen and oxygen atoms in total. The third-order valence-electron chi connectivity index (χ3n) is 4.00. The van der Waals surface area contributed by atoms with Crippen molar-refractivity contribution in [3.63, 3.8) is 0 Å². The Hall–Kier alpha value is -3.16. The molecule has 0 spiro atoms. The maximum Gasteiger partial charge on any atom is 0.442 e. The fourth-order valence-electron chi connectivity index (χ4n) is 2.60. The summed E-state index contributed by atoms with van der Waals surface area (Å²) >= 11 is 0. The first-order valence-electron chi connectivity index (χ1n) is 7.83. The molecule has 130 valence electrons. The summed E-state index contributed by atoms with van der Waals surface area (Å²) in [6.45, 7) is 7.16. The molecule has 1 amide bonds. The molecule has 3 rings (SSSR count). The first kappa shape index (κ1) is 16.7. The number of nitrogens with one attached hydrogen (secondary N) is 1. The summed E-state index contributed by atoms with van der Waals surface area (Å²) in [7, 11) is 0. The number of amides is 1. The van der Waals surface area contributed by atoms with Gasteiger partial charge in [0.2, 0.25) is 5.91 Å². The van der Waals surface area contributed by atoms with E-state index in [2.05, 4.69) is 20.1 Å². The van der Waals surface area contributed by atoms with E-state index in [4.69, 9.17) is 0 Å². The number of carbonyl (C=O) groups is 1. The number of nitrogens with zero attached hydrogens (tertiary/aromatic N) is 4. The summed E-state index contributed by atoms with van der Waals surface area (Å²) in [5, 5.41) is 10.9. The molecular weight excluding hydrogens is 322 g/mol. The molecule has 2 aromatic heterocycles. The van der Waals surface area contributed by atoms with Crippen LogP contribution in [-0.2, 0) is 11.3 Å². The average molecular weight is 341 g/mol. The number of aryl methyl sites for hydroxylation is 3. The number of hydrogen-bond acceptors (Lipinski definition) is 5. The molecule has 0 bridgehead atoms. The van der Waals surface area contributed by atoms with Crippen LogP contribution in [0.5, 0.6) is 0 Å². The van der Waals surface area contributed by atoms with Gasteiger partial charge in [0.05, 0.1) is 22.8 Å². The highest BCUT2D eigenvalue weighted by molar-refractivity contribution is 5.91. The number of rotatable bonds is 4. The van der Waals surface area contributed by atoms with Gasteiger partial charge >= 0.3 is 5.76 Å². The van der Waals surface area contributed by atoms with Gasteiger partial charge < -0.3 is 5.32 Å². The third kappa shape index (κ3) is 3.23. The van der Waals surface area contributed by atoms with Gasteiger partial charge in [0.15, 0.2) is 5.82 Å². The Balaban J connectivity index is 1.85. The van der Waals surface area contributed by atoms with Crippen LogP contribution in [0, 0.1) is 27.7 Å². The first-order chi connectivity index (χ1) is 11.9. The van der Waals surface area contributed by atoms with Crippen molar-refractivity contribution in [2.24, 2.45) is 0 Å². The summed E-state index contributed by atoms with van der Waals surface area (Å²) in [6, 6.07) is 7.96. The first-order valence-corrected chi connectivity index (χ1v) is 7.83. The van der Waals surface area contributed by atoms with E-state index in [9.17, 15) is 9.59 Å². The molecule has 0 saturated carbocycles. The Morgan fingerprint density at radius 1 is 1.16 bits per heavy atom. The van der Waals surface area contributed by atoms with Gasteiger partial charge in [-0.25, -0.2) is 9.48 Å². The Kier molecular flexibility index (Phi) is 4.26. The Morgan fingerprint density at radius 3 is 2.44 bits per heavy atom. The lowest BCUT2D eigenvalue weighted by molar-refractivity contribution is -0.116. The van der Waals surface area contributed by atoms with Crippen molar-refractivity contribution in [2.75, 3.05) is 5.32 Å². The van der Waals surface area contributed by atoms with Crippen LogP contribution in [0.25, 0.3) is 5.69 Å². The Morgan fingerprint density at radius 2 is 1.84 bits per heavy atom. The van der Waals surface area contributed by atoms with E-state index < -0.39 is 5.76 Å². The predicted octanol–water partition coefficient (Wildman–Crippen LogP) is 1.89. The zero-order valence-corrected chi connectivity index (χ0v) is 14.5. The molecule has 0 aliphatic heterocycles. The highest BCUT2D eigenvalue weighted by atomic mass is 16.5. The van der Waals surface area contributed by atoms with Gasteiger partial charge in [-0.15, -0.1) is 0 Å². The number of anilines is 1. The van der Waals surface area contributed by atoms with Crippen LogP contribution in [0.15, 0.2) is 33.6 Å². The van der Waals surface area contributed by atoms with Crippen LogP contribution in [0.3, 0.4) is 0 Å². The van der Waals surface area contributed by atoms with Gasteiger partial charge in [-0.05, 0) is 39.8 Å². The zero-order chi connectivity index (χ0) is 18.1. The molecule has 1 N–H and O–H groups in total. The quantitative estimate of drug-likeness (QED) is 0.782. The minimum Gasteiger partial charge on any atom is -0.321 e. The zero-order valence-electron chi connectivity index (χ0n) is 14.5. The van der Waals surface area contributed by atoms with E-state index in [1.54, 1.807) is 11.6 Å². The van der Waals surface area contributed by atoms with Crippen LogP contribution < -0.4 is 11.1 Å². The standard InChI is InChI=1S/C17H19N5O3/c1-10-5-7-14(8-6-10)22-12(3)16(11(2)19-22)18-15(23)9-21-13(4)20-25-17(21)24/h5-8H,9H2,1-4H3,(H,18,23). The molecule has 0 atom stereocenters. The average Bonchev–Trinajstić information content (AvgIpc) is 3.03. The summed E-state index contributed by atoms with van der Waals surface area (Å²) < 4.78 is 7.48. The smallest absolute Gasteiger partial charge is 0.321 e. The van der Waals surface area contributed by atoms with Crippen molar-refractivity contribution < 1.29 is 9.32 Å². The number of carbonyl (C=O) groups excluding carboxylic acids is 1. The normalized spacial score (nSPS) is 10.9. The molecule has 3 aromatic rings. The minimum atomic E-state index is -0.656. The van der Waals surface area contributed by atoms with Crippen molar-refractivity contribution >= 4 is 11.6 Å². The molecule has 8 heteroatoms. The molecule has 0 fully saturated rings. The van der Waals surface area contributed by atoms with Crippen LogP contribution in [0.1, 0.15) is 22.8 Å². The van der Waals surface area contributed by atoms with E-state index >= 15 is 0 Å². The van der Waals surface area contributed by atoms with Crippen LogP contribution in [-0.4, -0.2) is 25.4 Å². The molecule has 0 aliphatic rings. The van der Waals surface area contributed by atoms with Crippen molar-refractivity contribution in [3.05, 3.63) is 57.6 Å². The molecule has 0 unspecified atom stereocenters. The second kappa shape index (κ2) is 6.39. The van der Waals surface area contributed by atoms with Crippen molar-refractivity contribution in [1.29, 1.82) is 0 Å². The fraction of sp³-hybridized carbons (Fsp3) is 0.294. The predicted molar refractivity (Wildman–Crippen MR) is 91.9 cm³/mol. The highest BCUT2D eigenvalue weighted by Gasteiger charge is 2.17. The topological polar surface area (TPSA) is 95.0 Å². The van der Waals surface area contributed by atoms with Crippen molar-refractivity contribution in [2.45, 2.75) is 34.2 Å². The lowest BCUT2D eigenvalue weighted by atomic mass is 10.2. The maximum atomic E-state index is 12.3. The SMILES string of the molecule is Cc1ccc(-n2nc(C)c(NC(=O)Cn3c(C)noc3=O)c2C)cc1. The highest BCUT2D eigenvalue weighted by Crippen LogP contribution is 2.23. The van der Waals surface area contributed by atoms with E-state index in [1.165, 1.54) is 4.57 Å². The van der Waals surface area contributed by atoms with Gasteiger partial charge in [0, 0.05) is 0 Å². The van der Waals surface area contributed by atoms with E-state index in [0.717, 1.165) is 16.9 Å². The molecule has 1 aromatic carbocycles. The monoisotopic (exact) mass is 341 g/mol. The Bertz CT molecular complexity index is 979. The fourth-order valence-corrected chi connectivity index (χ4v) is 2.60. The van der Waals surface area contributed by atoms with Crippen LogP contribution >= 0.6 is 0 Å². The number of benzene rings is 1. The molecule has 0 aliphatic carbocycles. The lowest BCUT2D eigenvalue weighted by Crippen LogP contribution is -2.26. The number of aromatic nitrogens is 4. The third-order valence-corrected chi connectivity index (χ3v) is 4.00. The summed E-state index contributed by atoms with van der Waals surface area (Å²) in [5.74, 6) is -0.650. The second-order valence-corrected chi connectivity index (χ2v) is 5.92. The van der Waals surface area contributed by atoms with Gasteiger partial charge in [0.1, 0.15) is 6.54 Å².